The molecule has 0 saturated carbocycles. The summed E-state index contributed by atoms with van der Waals surface area (Å²) >= 11 is 0. The van der Waals surface area contributed by atoms with E-state index >= 15 is 0 Å². The van der Waals surface area contributed by atoms with Gasteiger partial charge in [0.25, 0.3) is 0 Å². The molecule has 1 atom stereocenters. The van der Waals surface area contributed by atoms with Crippen molar-refractivity contribution in [3.05, 3.63) is 29.8 Å². The van der Waals surface area contributed by atoms with Crippen molar-refractivity contribution in [1.82, 2.24) is 5.32 Å². The summed E-state index contributed by atoms with van der Waals surface area (Å²) in [5.41, 5.74) is 0.637. The maximum atomic E-state index is 12.1. The molecule has 0 heterocycles. The fourth-order valence-corrected chi connectivity index (χ4v) is 1.67. The van der Waals surface area contributed by atoms with Crippen molar-refractivity contribution < 1.29 is 22.7 Å². The minimum atomic E-state index is -4.71. The molecule has 3 nitrogen and oxygen atoms in total. The highest BCUT2D eigenvalue weighted by Crippen LogP contribution is 2.27. The van der Waals surface area contributed by atoms with Crippen LogP contribution < -0.4 is 10.1 Å². The quantitative estimate of drug-likeness (QED) is 0.799. The molecule has 0 fully saturated rings. The topological polar surface area (TPSA) is 38.3 Å². The van der Waals surface area contributed by atoms with E-state index in [0.29, 0.717) is 12.1 Å². The van der Waals surface area contributed by atoms with Crippen molar-refractivity contribution in [3.63, 3.8) is 0 Å². The molecule has 1 aromatic carbocycles. The van der Waals surface area contributed by atoms with Crippen LogP contribution in [-0.4, -0.2) is 26.2 Å². The number of carbonyl (C=O) groups is 1. The predicted octanol–water partition coefficient (Wildman–Crippen LogP) is 2.48. The van der Waals surface area contributed by atoms with Crippen molar-refractivity contribution in [2.75, 3.05) is 13.6 Å². The van der Waals surface area contributed by atoms with Gasteiger partial charge in [0.05, 0.1) is 0 Å². The van der Waals surface area contributed by atoms with Crippen LogP contribution in [0.2, 0.25) is 0 Å². The Morgan fingerprint density at radius 2 is 2.17 bits per heavy atom. The standard InChI is InChI=1S/C12H14F3NO2/c1-16-8-10(5-6-17)9-3-2-4-11(7-9)18-12(13,14)15/h2-4,6-7,10,16H,5,8H2,1H3. The van der Waals surface area contributed by atoms with Crippen LogP contribution in [0.5, 0.6) is 5.75 Å². The molecule has 1 aromatic rings. The number of benzene rings is 1. The van der Waals surface area contributed by atoms with Gasteiger partial charge in [0, 0.05) is 18.9 Å². The van der Waals surface area contributed by atoms with Crippen LogP contribution in [0.15, 0.2) is 24.3 Å². The highest BCUT2D eigenvalue weighted by atomic mass is 19.4. The Hall–Kier alpha value is -1.56. The van der Waals surface area contributed by atoms with Crippen molar-refractivity contribution in [2.24, 2.45) is 0 Å². The third kappa shape index (κ3) is 4.75. The number of nitrogens with one attached hydrogen (secondary N) is 1. The van der Waals surface area contributed by atoms with E-state index in [-0.39, 0.29) is 18.1 Å². The van der Waals surface area contributed by atoms with E-state index in [4.69, 9.17) is 0 Å². The summed E-state index contributed by atoms with van der Waals surface area (Å²) in [6.45, 7) is 0.508. The molecule has 0 amide bonds. The molecule has 0 spiro atoms. The van der Waals surface area contributed by atoms with E-state index in [1.165, 1.54) is 18.2 Å². The van der Waals surface area contributed by atoms with E-state index in [2.05, 4.69) is 10.1 Å². The van der Waals surface area contributed by atoms with Gasteiger partial charge in [-0.05, 0) is 24.7 Å². The van der Waals surface area contributed by atoms with Crippen LogP contribution in [0.1, 0.15) is 17.9 Å². The lowest BCUT2D eigenvalue weighted by Gasteiger charge is -2.16. The van der Waals surface area contributed by atoms with Crippen LogP contribution in [0.4, 0.5) is 13.2 Å². The third-order valence-corrected chi connectivity index (χ3v) is 2.39. The van der Waals surface area contributed by atoms with Gasteiger partial charge >= 0.3 is 6.36 Å². The van der Waals surface area contributed by atoms with Crippen molar-refractivity contribution in [3.8, 4) is 5.75 Å². The molecule has 18 heavy (non-hydrogen) atoms. The Bertz CT molecular complexity index is 393. The summed E-state index contributed by atoms with van der Waals surface area (Å²) < 4.78 is 40.1. The van der Waals surface area contributed by atoms with Gasteiger partial charge in [-0.3, -0.25) is 0 Å². The summed E-state index contributed by atoms with van der Waals surface area (Å²) in [7, 11) is 1.72. The second-order valence-corrected chi connectivity index (χ2v) is 3.78. The van der Waals surface area contributed by atoms with Gasteiger partial charge in [-0.2, -0.15) is 0 Å². The molecule has 0 aliphatic carbocycles. The molecule has 1 N–H and O–H groups in total. The number of hydrogen-bond donors (Lipinski definition) is 1. The Labute approximate surface area is 103 Å². The molecular weight excluding hydrogens is 247 g/mol. The lowest BCUT2D eigenvalue weighted by Crippen LogP contribution is -2.19. The van der Waals surface area contributed by atoms with Crippen LogP contribution in [0.3, 0.4) is 0 Å². The molecule has 0 bridgehead atoms. The Morgan fingerprint density at radius 1 is 1.44 bits per heavy atom. The summed E-state index contributed by atoms with van der Waals surface area (Å²) in [4.78, 5) is 10.5. The van der Waals surface area contributed by atoms with Crippen molar-refractivity contribution >= 4 is 6.29 Å². The fraction of sp³-hybridized carbons (Fsp3) is 0.417. The van der Waals surface area contributed by atoms with Gasteiger partial charge in [-0.1, -0.05) is 12.1 Å². The van der Waals surface area contributed by atoms with Crippen molar-refractivity contribution in [1.29, 1.82) is 0 Å². The molecule has 0 aliphatic rings. The number of ether oxygens (including phenoxy) is 1. The molecule has 1 rings (SSSR count). The lowest BCUT2D eigenvalue weighted by atomic mass is 9.96. The fourth-order valence-electron chi connectivity index (χ4n) is 1.67. The maximum absolute atomic E-state index is 12.1. The van der Waals surface area contributed by atoms with E-state index in [1.54, 1.807) is 13.1 Å². The van der Waals surface area contributed by atoms with Gasteiger partial charge in [-0.25, -0.2) is 0 Å². The van der Waals surface area contributed by atoms with Crippen molar-refractivity contribution in [2.45, 2.75) is 18.7 Å². The molecule has 0 aliphatic heterocycles. The highest BCUT2D eigenvalue weighted by molar-refractivity contribution is 5.52. The van der Waals surface area contributed by atoms with Gasteiger partial charge < -0.3 is 14.8 Å². The largest absolute Gasteiger partial charge is 0.573 e. The van der Waals surface area contributed by atoms with E-state index in [0.717, 1.165) is 6.29 Å². The SMILES string of the molecule is CNCC(CC=O)c1cccc(OC(F)(F)F)c1. The molecule has 6 heteroatoms. The molecule has 0 aromatic heterocycles. The number of halogens is 3. The minimum absolute atomic E-state index is 0.163. The summed E-state index contributed by atoms with van der Waals surface area (Å²) in [5, 5.41) is 2.90. The zero-order chi connectivity index (χ0) is 13.6. The maximum Gasteiger partial charge on any atom is 0.573 e. The number of aldehydes is 1. The molecule has 1 unspecified atom stereocenters. The van der Waals surface area contributed by atoms with Gasteiger partial charge in [0.2, 0.25) is 0 Å². The van der Waals surface area contributed by atoms with E-state index in [1.807, 2.05) is 0 Å². The summed E-state index contributed by atoms with van der Waals surface area (Å²) in [5.74, 6) is -0.434. The molecule has 0 saturated heterocycles. The zero-order valence-electron chi connectivity index (χ0n) is 9.83. The third-order valence-electron chi connectivity index (χ3n) is 2.39. The van der Waals surface area contributed by atoms with Gasteiger partial charge in [0.1, 0.15) is 12.0 Å². The highest BCUT2D eigenvalue weighted by Gasteiger charge is 2.31. The van der Waals surface area contributed by atoms with E-state index in [9.17, 15) is 18.0 Å². The average molecular weight is 261 g/mol. The van der Waals surface area contributed by atoms with Crippen LogP contribution >= 0.6 is 0 Å². The molecule has 0 radical (unpaired) electrons. The Morgan fingerprint density at radius 3 is 2.72 bits per heavy atom. The number of hydrogen-bond acceptors (Lipinski definition) is 3. The summed E-state index contributed by atoms with van der Waals surface area (Å²) in [6, 6.07) is 5.69. The monoisotopic (exact) mass is 261 g/mol. The average Bonchev–Trinajstić information content (AvgIpc) is 2.27. The van der Waals surface area contributed by atoms with Crippen LogP contribution in [0.25, 0.3) is 0 Å². The lowest BCUT2D eigenvalue weighted by molar-refractivity contribution is -0.274. The van der Waals surface area contributed by atoms with E-state index < -0.39 is 6.36 Å². The van der Waals surface area contributed by atoms with Crippen LogP contribution in [-0.2, 0) is 4.79 Å². The second kappa shape index (κ2) is 6.39. The first-order valence-corrected chi connectivity index (χ1v) is 5.40. The Kier molecular flexibility index (Phi) is 5.15. The predicted molar refractivity (Wildman–Crippen MR) is 60.5 cm³/mol. The van der Waals surface area contributed by atoms with Crippen LogP contribution in [0, 0.1) is 0 Å². The normalized spacial score (nSPS) is 13.1. The Balaban J connectivity index is 2.88. The number of rotatable bonds is 6. The number of alkyl halides is 3. The molecular formula is C12H14F3NO2. The zero-order valence-corrected chi connectivity index (χ0v) is 9.83. The first-order valence-electron chi connectivity index (χ1n) is 5.40. The summed E-state index contributed by atoms with van der Waals surface area (Å²) in [6.07, 6.45) is -3.71. The molecule has 100 valence electrons. The van der Waals surface area contributed by atoms with Gasteiger partial charge in [-0.15, -0.1) is 13.2 Å². The minimum Gasteiger partial charge on any atom is -0.406 e. The number of likely N-dealkylation sites (N-methyl/N-ethyl adjacent to an activating group) is 1. The first-order chi connectivity index (χ1) is 8.46. The smallest absolute Gasteiger partial charge is 0.406 e. The first kappa shape index (κ1) is 14.5. The number of carbonyl (C=O) groups excluding carboxylic acids is 1. The second-order valence-electron chi connectivity index (χ2n) is 3.78. The van der Waals surface area contributed by atoms with Gasteiger partial charge in [0.15, 0.2) is 0 Å².